The van der Waals surface area contributed by atoms with E-state index >= 15 is 0 Å². The molecule has 2 rings (SSSR count). The minimum Gasteiger partial charge on any atom is -0.463 e. The number of nitrogens with one attached hydrogen (secondary N) is 1. The van der Waals surface area contributed by atoms with Crippen molar-refractivity contribution in [1.82, 2.24) is 9.97 Å². The molecule has 1 aliphatic rings. The highest BCUT2D eigenvalue weighted by molar-refractivity contribution is 7.99. The minimum atomic E-state index is -0.508. The molecule has 0 saturated carbocycles. The summed E-state index contributed by atoms with van der Waals surface area (Å²) in [6.45, 7) is 0. The van der Waals surface area contributed by atoms with Crippen molar-refractivity contribution in [3.05, 3.63) is 18.1 Å². The summed E-state index contributed by atoms with van der Waals surface area (Å²) in [4.78, 5) is 19.3. The quantitative estimate of drug-likeness (QED) is 0.825. The molecule has 5 nitrogen and oxygen atoms in total. The maximum atomic E-state index is 11.3. The molecule has 0 bridgehead atoms. The summed E-state index contributed by atoms with van der Waals surface area (Å²) in [6, 6.07) is 2.19. The molecular weight excluding hydrogens is 238 g/mol. The molecule has 0 amide bonds. The molecule has 1 unspecified atom stereocenters. The van der Waals surface area contributed by atoms with E-state index in [-0.39, 0.29) is 5.82 Å². The Kier molecular flexibility index (Phi) is 4.19. The molecule has 1 aromatic heterocycles. The van der Waals surface area contributed by atoms with Crippen LogP contribution in [0.25, 0.3) is 0 Å². The Balaban J connectivity index is 2.02. The van der Waals surface area contributed by atoms with Crippen LogP contribution in [-0.2, 0) is 4.74 Å². The van der Waals surface area contributed by atoms with Gasteiger partial charge >= 0.3 is 5.97 Å². The number of ether oxygens (including phenoxy) is 1. The van der Waals surface area contributed by atoms with Gasteiger partial charge in [0.25, 0.3) is 0 Å². The van der Waals surface area contributed by atoms with Crippen LogP contribution in [0.1, 0.15) is 23.5 Å². The van der Waals surface area contributed by atoms with E-state index in [1.807, 2.05) is 11.8 Å². The van der Waals surface area contributed by atoms with E-state index in [0.717, 1.165) is 12.2 Å². The van der Waals surface area contributed by atoms with Crippen molar-refractivity contribution in [1.29, 1.82) is 0 Å². The van der Waals surface area contributed by atoms with Crippen molar-refractivity contribution in [3.63, 3.8) is 0 Å². The monoisotopic (exact) mass is 253 g/mol. The van der Waals surface area contributed by atoms with Crippen molar-refractivity contribution in [3.8, 4) is 0 Å². The lowest BCUT2D eigenvalue weighted by molar-refractivity contribution is 0.0587. The molecule has 1 fully saturated rings. The van der Waals surface area contributed by atoms with Gasteiger partial charge in [-0.1, -0.05) is 0 Å². The molecule has 0 aliphatic carbocycles. The van der Waals surface area contributed by atoms with Crippen LogP contribution in [0.2, 0.25) is 0 Å². The summed E-state index contributed by atoms with van der Waals surface area (Å²) in [7, 11) is 1.32. The zero-order valence-electron chi connectivity index (χ0n) is 9.68. The van der Waals surface area contributed by atoms with Crippen molar-refractivity contribution in [2.24, 2.45) is 0 Å². The molecule has 0 aromatic carbocycles. The Labute approximate surface area is 104 Å². The number of carbonyl (C=O) groups is 1. The van der Waals surface area contributed by atoms with Gasteiger partial charge in [0.05, 0.1) is 7.11 Å². The normalized spacial score (nSPS) is 19.7. The summed E-state index contributed by atoms with van der Waals surface area (Å²) in [5.74, 6) is 2.59. The number of hydrogen-bond donors (Lipinski definition) is 1. The Morgan fingerprint density at radius 3 is 3.24 bits per heavy atom. The van der Waals surface area contributed by atoms with Crippen molar-refractivity contribution < 1.29 is 9.53 Å². The molecule has 1 aliphatic heterocycles. The average Bonchev–Trinajstić information content (AvgIpc) is 2.39. The fraction of sp³-hybridized carbons (Fsp3) is 0.545. The Morgan fingerprint density at radius 1 is 1.65 bits per heavy atom. The molecule has 2 heterocycles. The summed E-state index contributed by atoms with van der Waals surface area (Å²) >= 11 is 1.94. The standard InChI is InChI=1S/C11H15N3O2S/c1-16-11(15)10-12-5-4-9(14-10)13-8-3-2-6-17-7-8/h4-5,8H,2-3,6-7H2,1H3,(H,12,13,14). The second-order valence-electron chi connectivity index (χ2n) is 3.82. The average molecular weight is 253 g/mol. The number of hydrogen-bond acceptors (Lipinski definition) is 6. The number of esters is 1. The molecular formula is C11H15N3O2S. The van der Waals surface area contributed by atoms with E-state index in [2.05, 4.69) is 20.0 Å². The van der Waals surface area contributed by atoms with Crippen LogP contribution in [0.15, 0.2) is 12.3 Å². The summed E-state index contributed by atoms with van der Waals surface area (Å²) in [5.41, 5.74) is 0. The van der Waals surface area contributed by atoms with Crippen LogP contribution >= 0.6 is 11.8 Å². The van der Waals surface area contributed by atoms with Gasteiger partial charge in [0, 0.05) is 18.0 Å². The second kappa shape index (κ2) is 5.86. The number of methoxy groups -OCH3 is 1. The number of carbonyl (C=O) groups excluding carboxylic acids is 1. The number of aromatic nitrogens is 2. The van der Waals surface area contributed by atoms with Crippen LogP contribution in [0.4, 0.5) is 5.82 Å². The van der Waals surface area contributed by atoms with Gasteiger partial charge in [0.1, 0.15) is 5.82 Å². The molecule has 92 valence electrons. The molecule has 1 saturated heterocycles. The van der Waals surface area contributed by atoms with Gasteiger partial charge in [-0.2, -0.15) is 11.8 Å². The first-order chi connectivity index (χ1) is 8.29. The number of nitrogens with zero attached hydrogens (tertiary/aromatic N) is 2. The first kappa shape index (κ1) is 12.2. The highest BCUT2D eigenvalue weighted by Gasteiger charge is 2.15. The van der Waals surface area contributed by atoms with Gasteiger partial charge in [-0.05, 0) is 24.7 Å². The van der Waals surface area contributed by atoms with E-state index in [1.54, 1.807) is 12.3 Å². The third-order valence-corrected chi connectivity index (χ3v) is 3.75. The van der Waals surface area contributed by atoms with E-state index in [1.165, 1.54) is 19.3 Å². The van der Waals surface area contributed by atoms with Crippen LogP contribution in [0.5, 0.6) is 0 Å². The number of anilines is 1. The zero-order chi connectivity index (χ0) is 12.1. The SMILES string of the molecule is COC(=O)c1nccc(NC2CCCSC2)n1. The number of thioether (sulfide) groups is 1. The lowest BCUT2D eigenvalue weighted by Gasteiger charge is -2.22. The van der Waals surface area contributed by atoms with Crippen LogP contribution < -0.4 is 5.32 Å². The van der Waals surface area contributed by atoms with Crippen molar-refractivity contribution in [2.45, 2.75) is 18.9 Å². The molecule has 1 N–H and O–H groups in total. The third-order valence-electron chi connectivity index (χ3n) is 2.54. The molecule has 1 aromatic rings. The first-order valence-electron chi connectivity index (χ1n) is 5.55. The first-order valence-corrected chi connectivity index (χ1v) is 6.70. The molecule has 6 heteroatoms. The summed E-state index contributed by atoms with van der Waals surface area (Å²) in [6.07, 6.45) is 3.93. The third kappa shape index (κ3) is 3.33. The van der Waals surface area contributed by atoms with Crippen molar-refractivity contribution in [2.75, 3.05) is 23.9 Å². The maximum Gasteiger partial charge on any atom is 0.376 e. The fourth-order valence-corrected chi connectivity index (χ4v) is 2.76. The Hall–Kier alpha value is -1.30. The van der Waals surface area contributed by atoms with Crippen LogP contribution in [0.3, 0.4) is 0 Å². The van der Waals surface area contributed by atoms with Gasteiger partial charge in [-0.15, -0.1) is 0 Å². The van der Waals surface area contributed by atoms with E-state index in [0.29, 0.717) is 11.9 Å². The maximum absolute atomic E-state index is 11.3. The lowest BCUT2D eigenvalue weighted by Crippen LogP contribution is -2.26. The smallest absolute Gasteiger partial charge is 0.376 e. The molecule has 17 heavy (non-hydrogen) atoms. The molecule has 0 spiro atoms. The highest BCUT2D eigenvalue weighted by atomic mass is 32.2. The number of rotatable bonds is 3. The fourth-order valence-electron chi connectivity index (χ4n) is 1.69. The Bertz CT molecular complexity index is 394. The predicted octanol–water partition coefficient (Wildman–Crippen LogP) is 1.57. The van der Waals surface area contributed by atoms with Crippen molar-refractivity contribution >= 4 is 23.5 Å². The van der Waals surface area contributed by atoms with Crippen LogP contribution in [0, 0.1) is 0 Å². The highest BCUT2D eigenvalue weighted by Crippen LogP contribution is 2.19. The predicted molar refractivity (Wildman–Crippen MR) is 67.3 cm³/mol. The lowest BCUT2D eigenvalue weighted by atomic mass is 10.2. The van der Waals surface area contributed by atoms with Gasteiger partial charge in [0.15, 0.2) is 0 Å². The minimum absolute atomic E-state index is 0.0981. The molecule has 1 atom stereocenters. The van der Waals surface area contributed by atoms with Gasteiger partial charge < -0.3 is 10.1 Å². The van der Waals surface area contributed by atoms with Gasteiger partial charge in [0.2, 0.25) is 5.82 Å². The van der Waals surface area contributed by atoms with E-state index < -0.39 is 5.97 Å². The summed E-state index contributed by atoms with van der Waals surface area (Å²) < 4.78 is 4.59. The second-order valence-corrected chi connectivity index (χ2v) is 4.97. The van der Waals surface area contributed by atoms with Gasteiger partial charge in [-0.25, -0.2) is 14.8 Å². The molecule has 0 radical (unpaired) electrons. The van der Waals surface area contributed by atoms with E-state index in [4.69, 9.17) is 0 Å². The van der Waals surface area contributed by atoms with E-state index in [9.17, 15) is 4.79 Å². The van der Waals surface area contributed by atoms with Crippen LogP contribution in [-0.4, -0.2) is 40.6 Å². The topological polar surface area (TPSA) is 64.1 Å². The largest absolute Gasteiger partial charge is 0.463 e. The summed E-state index contributed by atoms with van der Waals surface area (Å²) in [5, 5.41) is 3.32. The zero-order valence-corrected chi connectivity index (χ0v) is 10.5. The van der Waals surface area contributed by atoms with Gasteiger partial charge in [-0.3, -0.25) is 0 Å². The Morgan fingerprint density at radius 2 is 2.53 bits per heavy atom.